The van der Waals surface area contributed by atoms with Gasteiger partial charge in [0.25, 0.3) is 0 Å². The van der Waals surface area contributed by atoms with Gasteiger partial charge in [-0.3, -0.25) is 4.79 Å². The first kappa shape index (κ1) is 10.2. The van der Waals surface area contributed by atoms with Crippen LogP contribution in [-0.4, -0.2) is 5.91 Å². The van der Waals surface area contributed by atoms with Crippen LogP contribution >= 0.6 is 0 Å². The molecule has 1 N–H and O–H groups in total. The predicted octanol–water partition coefficient (Wildman–Crippen LogP) is 2.55. The lowest BCUT2D eigenvalue weighted by Gasteiger charge is -2.28. The minimum absolute atomic E-state index is 0.153. The van der Waals surface area contributed by atoms with Gasteiger partial charge in [0.2, 0.25) is 5.91 Å². The zero-order valence-electron chi connectivity index (χ0n) is 9.50. The topological polar surface area (TPSA) is 29.1 Å². The Labute approximate surface area is 90.7 Å². The quantitative estimate of drug-likeness (QED) is 0.698. The summed E-state index contributed by atoms with van der Waals surface area (Å²) < 4.78 is 0. The monoisotopic (exact) mass is 203 g/mol. The molecule has 1 unspecified atom stereocenters. The Bertz CT molecular complexity index is 365. The van der Waals surface area contributed by atoms with E-state index in [4.69, 9.17) is 0 Å². The summed E-state index contributed by atoms with van der Waals surface area (Å²) in [5.41, 5.74) is 2.74. The molecule has 2 rings (SSSR count). The van der Waals surface area contributed by atoms with Gasteiger partial charge < -0.3 is 5.32 Å². The summed E-state index contributed by atoms with van der Waals surface area (Å²) in [6, 6.07) is 8.78. The Hall–Kier alpha value is -1.31. The number of carbonyl (C=O) groups excluding carboxylic acids is 1. The average molecular weight is 203 g/mol. The molecule has 0 spiro atoms. The third kappa shape index (κ3) is 2.04. The summed E-state index contributed by atoms with van der Waals surface area (Å²) >= 11 is 0. The number of β-lactam (4-membered cyclic amide) rings is 1. The molecule has 0 saturated carbocycles. The van der Waals surface area contributed by atoms with E-state index in [2.05, 4.69) is 50.4 Å². The maximum atomic E-state index is 10.8. The first-order valence-corrected chi connectivity index (χ1v) is 5.36. The molecule has 1 atom stereocenters. The molecule has 2 nitrogen and oxygen atoms in total. The molecule has 0 bridgehead atoms. The third-order valence-electron chi connectivity index (χ3n) is 2.90. The van der Waals surface area contributed by atoms with Crippen molar-refractivity contribution in [2.45, 2.75) is 38.6 Å². The molecule has 1 aliphatic heterocycles. The largest absolute Gasteiger partial charge is 0.349 e. The predicted molar refractivity (Wildman–Crippen MR) is 60.6 cm³/mol. The lowest BCUT2D eigenvalue weighted by molar-refractivity contribution is -0.128. The van der Waals surface area contributed by atoms with Crippen molar-refractivity contribution in [3.05, 3.63) is 35.4 Å². The lowest BCUT2D eigenvalue weighted by atomic mass is 9.85. The number of amides is 1. The van der Waals surface area contributed by atoms with Crippen LogP contribution in [0.1, 0.15) is 44.4 Å². The molecule has 1 heterocycles. The summed E-state index contributed by atoms with van der Waals surface area (Å²) in [5.74, 6) is 0.153. The van der Waals surface area contributed by atoms with Crippen LogP contribution in [-0.2, 0) is 10.2 Å². The van der Waals surface area contributed by atoms with Crippen molar-refractivity contribution in [3.8, 4) is 0 Å². The van der Waals surface area contributed by atoms with E-state index in [1.165, 1.54) is 11.1 Å². The van der Waals surface area contributed by atoms with E-state index in [9.17, 15) is 4.79 Å². The summed E-state index contributed by atoms with van der Waals surface area (Å²) in [7, 11) is 0. The summed E-state index contributed by atoms with van der Waals surface area (Å²) in [6.45, 7) is 6.60. The van der Waals surface area contributed by atoms with Gasteiger partial charge >= 0.3 is 0 Å². The Morgan fingerprint density at radius 3 is 2.13 bits per heavy atom. The van der Waals surface area contributed by atoms with Crippen LogP contribution in [0.25, 0.3) is 0 Å². The fourth-order valence-electron chi connectivity index (χ4n) is 1.78. The van der Waals surface area contributed by atoms with E-state index in [0.717, 1.165) is 0 Å². The molecular formula is C13H17NO. The van der Waals surface area contributed by atoms with Crippen molar-refractivity contribution < 1.29 is 4.79 Å². The van der Waals surface area contributed by atoms with Crippen LogP contribution < -0.4 is 5.32 Å². The smallest absolute Gasteiger partial charge is 0.222 e. The maximum Gasteiger partial charge on any atom is 0.222 e. The Balaban J connectivity index is 2.14. The van der Waals surface area contributed by atoms with Gasteiger partial charge in [0.05, 0.1) is 12.5 Å². The van der Waals surface area contributed by atoms with E-state index in [-0.39, 0.29) is 17.4 Å². The zero-order valence-corrected chi connectivity index (χ0v) is 9.50. The van der Waals surface area contributed by atoms with Gasteiger partial charge in [-0.05, 0) is 16.5 Å². The Kier molecular flexibility index (Phi) is 2.29. The molecule has 1 aliphatic rings. The van der Waals surface area contributed by atoms with E-state index in [0.29, 0.717) is 6.42 Å². The second kappa shape index (κ2) is 3.37. The molecule has 1 amide bonds. The minimum atomic E-state index is 0.153. The van der Waals surface area contributed by atoms with Crippen LogP contribution in [0.4, 0.5) is 0 Å². The minimum Gasteiger partial charge on any atom is -0.349 e. The van der Waals surface area contributed by atoms with Gasteiger partial charge in [-0.25, -0.2) is 0 Å². The standard InChI is InChI=1S/C13H17NO/c1-13(2,3)10-6-4-9(5-7-10)11-8-12(15)14-11/h4-7,11H,8H2,1-3H3,(H,14,15). The highest BCUT2D eigenvalue weighted by Gasteiger charge is 2.26. The van der Waals surface area contributed by atoms with Gasteiger partial charge in [-0.1, -0.05) is 45.0 Å². The highest BCUT2D eigenvalue weighted by atomic mass is 16.2. The molecule has 1 aromatic rings. The lowest BCUT2D eigenvalue weighted by Crippen LogP contribution is -2.41. The third-order valence-corrected chi connectivity index (χ3v) is 2.90. The van der Waals surface area contributed by atoms with E-state index >= 15 is 0 Å². The zero-order chi connectivity index (χ0) is 11.1. The van der Waals surface area contributed by atoms with Crippen molar-refractivity contribution in [2.75, 3.05) is 0 Å². The van der Waals surface area contributed by atoms with Crippen molar-refractivity contribution in [1.82, 2.24) is 5.32 Å². The van der Waals surface area contributed by atoms with E-state index in [1.54, 1.807) is 0 Å². The number of rotatable bonds is 1. The van der Waals surface area contributed by atoms with Crippen LogP contribution in [0.15, 0.2) is 24.3 Å². The highest BCUT2D eigenvalue weighted by molar-refractivity contribution is 5.83. The van der Waals surface area contributed by atoms with Gasteiger partial charge in [0.15, 0.2) is 0 Å². The first-order valence-electron chi connectivity index (χ1n) is 5.36. The van der Waals surface area contributed by atoms with Crippen LogP contribution in [0.2, 0.25) is 0 Å². The SMILES string of the molecule is CC(C)(C)c1ccc(C2CC(=O)N2)cc1. The van der Waals surface area contributed by atoms with Gasteiger partial charge in [-0.15, -0.1) is 0 Å². The molecule has 15 heavy (non-hydrogen) atoms. The summed E-state index contributed by atoms with van der Waals surface area (Å²) in [5, 5.41) is 2.88. The highest BCUT2D eigenvalue weighted by Crippen LogP contribution is 2.27. The average Bonchev–Trinajstić information content (AvgIpc) is 2.12. The van der Waals surface area contributed by atoms with E-state index < -0.39 is 0 Å². The molecule has 0 radical (unpaired) electrons. The number of hydrogen-bond acceptors (Lipinski definition) is 1. The maximum absolute atomic E-state index is 10.8. The van der Waals surface area contributed by atoms with Crippen molar-refractivity contribution in [2.24, 2.45) is 0 Å². The van der Waals surface area contributed by atoms with Gasteiger partial charge in [-0.2, -0.15) is 0 Å². The van der Waals surface area contributed by atoms with Crippen LogP contribution in [0.5, 0.6) is 0 Å². The molecule has 80 valence electrons. The van der Waals surface area contributed by atoms with Crippen molar-refractivity contribution in [1.29, 1.82) is 0 Å². The van der Waals surface area contributed by atoms with Gasteiger partial charge in [0.1, 0.15) is 0 Å². The summed E-state index contributed by atoms with van der Waals surface area (Å²) in [6.07, 6.45) is 0.634. The second-order valence-electron chi connectivity index (χ2n) is 5.20. The fourth-order valence-corrected chi connectivity index (χ4v) is 1.78. The molecule has 1 aromatic carbocycles. The first-order chi connectivity index (χ1) is 6.97. The molecule has 1 fully saturated rings. The van der Waals surface area contributed by atoms with Crippen LogP contribution in [0, 0.1) is 0 Å². The second-order valence-corrected chi connectivity index (χ2v) is 5.20. The Morgan fingerprint density at radius 2 is 1.73 bits per heavy atom. The number of carbonyl (C=O) groups is 1. The summed E-state index contributed by atoms with van der Waals surface area (Å²) in [4.78, 5) is 10.8. The van der Waals surface area contributed by atoms with Gasteiger partial charge in [0, 0.05) is 0 Å². The van der Waals surface area contributed by atoms with E-state index in [1.807, 2.05) is 0 Å². The molecule has 1 saturated heterocycles. The normalized spacial score (nSPS) is 20.7. The molecule has 2 heteroatoms. The number of benzene rings is 1. The number of nitrogens with one attached hydrogen (secondary N) is 1. The van der Waals surface area contributed by atoms with Crippen LogP contribution in [0.3, 0.4) is 0 Å². The van der Waals surface area contributed by atoms with Crippen molar-refractivity contribution >= 4 is 5.91 Å². The molecular weight excluding hydrogens is 186 g/mol. The van der Waals surface area contributed by atoms with Crippen molar-refractivity contribution in [3.63, 3.8) is 0 Å². The number of hydrogen-bond donors (Lipinski definition) is 1. The fraction of sp³-hybridized carbons (Fsp3) is 0.462. The molecule has 0 aliphatic carbocycles. The molecule has 0 aromatic heterocycles. The Morgan fingerprint density at radius 1 is 1.20 bits per heavy atom.